The summed E-state index contributed by atoms with van der Waals surface area (Å²) in [5.74, 6) is 1.27. The Balaban J connectivity index is 1.87. The second kappa shape index (κ2) is 5.10. The summed E-state index contributed by atoms with van der Waals surface area (Å²) >= 11 is 0. The number of aromatic nitrogens is 1. The number of benzene rings is 1. The summed E-state index contributed by atoms with van der Waals surface area (Å²) in [6.45, 7) is 4.75. The molecule has 90 valence electrons. The molecule has 0 aliphatic rings. The maximum atomic E-state index is 13.3. The Morgan fingerprint density at radius 3 is 2.76 bits per heavy atom. The van der Waals surface area contributed by atoms with Crippen LogP contribution in [0.15, 0.2) is 28.8 Å². The maximum Gasteiger partial charge on any atom is 0.208 e. The highest BCUT2D eigenvalue weighted by molar-refractivity contribution is 5.23. The van der Waals surface area contributed by atoms with E-state index < -0.39 is 0 Å². The average molecular weight is 234 g/mol. The van der Waals surface area contributed by atoms with Gasteiger partial charge >= 0.3 is 0 Å². The third kappa shape index (κ3) is 3.14. The predicted molar refractivity (Wildman–Crippen MR) is 62.9 cm³/mol. The van der Waals surface area contributed by atoms with Crippen molar-refractivity contribution in [3.05, 3.63) is 53.0 Å². The number of hydrogen-bond donors (Lipinski definition) is 1. The second-order valence-electron chi connectivity index (χ2n) is 4.05. The highest BCUT2D eigenvalue weighted by Crippen LogP contribution is 2.09. The summed E-state index contributed by atoms with van der Waals surface area (Å²) in [6, 6.07) is 5.23. The Morgan fingerprint density at radius 2 is 2.12 bits per heavy atom. The quantitative estimate of drug-likeness (QED) is 0.883. The van der Waals surface area contributed by atoms with Gasteiger partial charge in [-0.3, -0.25) is 0 Å². The molecule has 2 rings (SSSR count). The van der Waals surface area contributed by atoms with Crippen molar-refractivity contribution in [2.24, 2.45) is 0 Å². The van der Waals surface area contributed by atoms with E-state index in [0.29, 0.717) is 24.5 Å². The Bertz CT molecular complexity index is 508. The number of halogens is 1. The van der Waals surface area contributed by atoms with Gasteiger partial charge in [-0.25, -0.2) is 9.37 Å². The minimum atomic E-state index is -0.170. The van der Waals surface area contributed by atoms with E-state index in [-0.39, 0.29) is 5.82 Å². The summed E-state index contributed by atoms with van der Waals surface area (Å²) in [4.78, 5) is 4.08. The van der Waals surface area contributed by atoms with Crippen molar-refractivity contribution in [3.63, 3.8) is 0 Å². The first kappa shape index (κ1) is 11.8. The number of rotatable bonds is 4. The topological polar surface area (TPSA) is 38.1 Å². The minimum absolute atomic E-state index is 0.170. The number of oxazole rings is 1. The van der Waals surface area contributed by atoms with Crippen molar-refractivity contribution in [3.8, 4) is 0 Å². The molecule has 1 N–H and O–H groups in total. The van der Waals surface area contributed by atoms with Gasteiger partial charge < -0.3 is 9.73 Å². The van der Waals surface area contributed by atoms with E-state index in [2.05, 4.69) is 10.3 Å². The van der Waals surface area contributed by atoms with Gasteiger partial charge in [-0.05, 0) is 31.0 Å². The van der Waals surface area contributed by atoms with Gasteiger partial charge in [0.2, 0.25) is 5.89 Å². The third-order valence-corrected chi connectivity index (χ3v) is 2.51. The van der Waals surface area contributed by atoms with Crippen LogP contribution in [0.4, 0.5) is 4.39 Å². The van der Waals surface area contributed by atoms with E-state index in [1.54, 1.807) is 25.3 Å². The molecule has 0 atom stereocenters. The van der Waals surface area contributed by atoms with Gasteiger partial charge in [0, 0.05) is 6.54 Å². The standard InChI is InChI=1S/C13H15FN2O/c1-9-3-4-11(5-12(9)14)7-15-8-13-16-6-10(2)17-13/h3-6,15H,7-8H2,1-2H3. The van der Waals surface area contributed by atoms with E-state index in [1.165, 1.54) is 0 Å². The van der Waals surface area contributed by atoms with Crippen LogP contribution in [0, 0.1) is 19.7 Å². The monoisotopic (exact) mass is 234 g/mol. The molecule has 3 nitrogen and oxygen atoms in total. The molecule has 0 aliphatic heterocycles. The third-order valence-electron chi connectivity index (χ3n) is 2.51. The van der Waals surface area contributed by atoms with Gasteiger partial charge in [-0.1, -0.05) is 12.1 Å². The summed E-state index contributed by atoms with van der Waals surface area (Å²) in [6.07, 6.45) is 1.68. The van der Waals surface area contributed by atoms with Gasteiger partial charge in [-0.15, -0.1) is 0 Å². The molecule has 0 saturated carbocycles. The van der Waals surface area contributed by atoms with Gasteiger partial charge in [-0.2, -0.15) is 0 Å². The van der Waals surface area contributed by atoms with Gasteiger partial charge in [0.05, 0.1) is 12.7 Å². The lowest BCUT2D eigenvalue weighted by atomic mass is 10.1. The lowest BCUT2D eigenvalue weighted by molar-refractivity contribution is 0.449. The molecule has 0 amide bonds. The minimum Gasteiger partial charge on any atom is -0.445 e. The first-order chi connectivity index (χ1) is 8.15. The lowest BCUT2D eigenvalue weighted by Gasteiger charge is -2.04. The van der Waals surface area contributed by atoms with Gasteiger partial charge in [0.1, 0.15) is 11.6 Å². The zero-order valence-corrected chi connectivity index (χ0v) is 9.96. The Labute approximate surface area is 99.7 Å². The molecule has 0 bridgehead atoms. The molecule has 1 heterocycles. The molecule has 0 radical (unpaired) electrons. The molecular weight excluding hydrogens is 219 g/mol. The maximum absolute atomic E-state index is 13.3. The summed E-state index contributed by atoms with van der Waals surface area (Å²) in [7, 11) is 0. The van der Waals surface area contributed by atoms with Crippen molar-refractivity contribution in [2.45, 2.75) is 26.9 Å². The average Bonchev–Trinajstić information content (AvgIpc) is 2.70. The predicted octanol–water partition coefficient (Wildman–Crippen LogP) is 2.72. The van der Waals surface area contributed by atoms with Crippen LogP contribution in [-0.2, 0) is 13.1 Å². The van der Waals surface area contributed by atoms with Crippen molar-refractivity contribution in [1.29, 1.82) is 0 Å². The van der Waals surface area contributed by atoms with Crippen molar-refractivity contribution >= 4 is 0 Å². The van der Waals surface area contributed by atoms with Crippen molar-refractivity contribution in [1.82, 2.24) is 10.3 Å². The molecule has 17 heavy (non-hydrogen) atoms. The van der Waals surface area contributed by atoms with Crippen molar-refractivity contribution in [2.75, 3.05) is 0 Å². The lowest BCUT2D eigenvalue weighted by Crippen LogP contribution is -2.13. The van der Waals surface area contributed by atoms with Crippen LogP contribution < -0.4 is 5.32 Å². The van der Waals surface area contributed by atoms with Crippen LogP contribution in [0.1, 0.15) is 22.8 Å². The molecule has 0 aliphatic carbocycles. The van der Waals surface area contributed by atoms with E-state index >= 15 is 0 Å². The molecule has 1 aromatic carbocycles. The van der Waals surface area contributed by atoms with Crippen LogP contribution in [0.2, 0.25) is 0 Å². The number of hydrogen-bond acceptors (Lipinski definition) is 3. The first-order valence-corrected chi connectivity index (χ1v) is 5.52. The normalized spacial score (nSPS) is 10.8. The van der Waals surface area contributed by atoms with Crippen LogP contribution in [0.5, 0.6) is 0 Å². The first-order valence-electron chi connectivity index (χ1n) is 5.52. The van der Waals surface area contributed by atoms with Crippen LogP contribution in [-0.4, -0.2) is 4.98 Å². The SMILES string of the molecule is Cc1cnc(CNCc2ccc(C)c(F)c2)o1. The Kier molecular flexibility index (Phi) is 3.54. The number of nitrogens with one attached hydrogen (secondary N) is 1. The van der Waals surface area contributed by atoms with Gasteiger partial charge in [0.15, 0.2) is 0 Å². The molecule has 2 aromatic rings. The summed E-state index contributed by atoms with van der Waals surface area (Å²) < 4.78 is 18.6. The van der Waals surface area contributed by atoms with E-state index in [9.17, 15) is 4.39 Å². The highest BCUT2D eigenvalue weighted by atomic mass is 19.1. The van der Waals surface area contributed by atoms with Gasteiger partial charge in [0.25, 0.3) is 0 Å². The zero-order valence-electron chi connectivity index (χ0n) is 9.96. The fourth-order valence-electron chi connectivity index (χ4n) is 1.54. The highest BCUT2D eigenvalue weighted by Gasteiger charge is 2.01. The van der Waals surface area contributed by atoms with Crippen LogP contribution >= 0.6 is 0 Å². The molecule has 0 unspecified atom stereocenters. The molecule has 1 aromatic heterocycles. The molecule has 0 spiro atoms. The summed E-state index contributed by atoms with van der Waals surface area (Å²) in [5, 5.41) is 3.16. The zero-order chi connectivity index (χ0) is 12.3. The number of nitrogens with zero attached hydrogens (tertiary/aromatic N) is 1. The van der Waals surface area contributed by atoms with Crippen molar-refractivity contribution < 1.29 is 8.81 Å². The largest absolute Gasteiger partial charge is 0.445 e. The molecule has 0 fully saturated rings. The molecular formula is C13H15FN2O. The Hall–Kier alpha value is -1.68. The van der Waals surface area contributed by atoms with E-state index in [4.69, 9.17) is 4.42 Å². The van der Waals surface area contributed by atoms with E-state index in [1.807, 2.05) is 13.0 Å². The second-order valence-corrected chi connectivity index (χ2v) is 4.05. The Morgan fingerprint density at radius 1 is 1.29 bits per heavy atom. The fourth-order valence-corrected chi connectivity index (χ4v) is 1.54. The summed E-state index contributed by atoms with van der Waals surface area (Å²) in [5.41, 5.74) is 1.58. The van der Waals surface area contributed by atoms with E-state index in [0.717, 1.165) is 11.3 Å². The number of aryl methyl sites for hydroxylation is 2. The smallest absolute Gasteiger partial charge is 0.208 e. The fraction of sp³-hybridized carbons (Fsp3) is 0.308. The molecule has 4 heteroatoms. The molecule has 0 saturated heterocycles. The van der Waals surface area contributed by atoms with Crippen LogP contribution in [0.3, 0.4) is 0 Å². The van der Waals surface area contributed by atoms with Crippen LogP contribution in [0.25, 0.3) is 0 Å².